The quantitative estimate of drug-likeness (QED) is 0.507. The van der Waals surface area contributed by atoms with Crippen LogP contribution in [0.2, 0.25) is 0 Å². The lowest BCUT2D eigenvalue weighted by atomic mass is 9.98. The third-order valence-electron chi connectivity index (χ3n) is 2.85. The van der Waals surface area contributed by atoms with Crippen LogP contribution in [0.1, 0.15) is 59.3 Å². The molecule has 0 rings (SSSR count). The molecule has 0 aliphatic heterocycles. The van der Waals surface area contributed by atoms with E-state index in [1.807, 2.05) is 0 Å². The predicted molar refractivity (Wildman–Crippen MR) is 73.9 cm³/mol. The number of unbranched alkanes of at least 4 members (excludes halogenated alkanes) is 1. The number of halogens is 1. The minimum absolute atomic E-state index is 0.223. The summed E-state index contributed by atoms with van der Waals surface area (Å²) < 4.78 is 0. The smallest absolute Gasteiger partial charge is 0.223 e. The summed E-state index contributed by atoms with van der Waals surface area (Å²) in [4.78, 5) is 12.3. The van der Waals surface area contributed by atoms with Crippen LogP contribution in [0.25, 0.3) is 0 Å². The molecule has 0 heterocycles. The molecule has 0 saturated carbocycles. The van der Waals surface area contributed by atoms with Gasteiger partial charge in [0.15, 0.2) is 0 Å². The molecule has 2 atom stereocenters. The van der Waals surface area contributed by atoms with Crippen molar-refractivity contribution in [1.82, 2.24) is 5.32 Å². The Bertz CT molecular complexity index is 183. The first-order valence-electron chi connectivity index (χ1n) is 6.53. The van der Waals surface area contributed by atoms with Crippen molar-refractivity contribution in [1.29, 1.82) is 0 Å². The SMILES string of the molecule is CCCCC(CC)C(=O)NCCCC(C)Br. The van der Waals surface area contributed by atoms with E-state index in [-0.39, 0.29) is 11.8 Å². The van der Waals surface area contributed by atoms with Crippen LogP contribution in [-0.2, 0) is 4.79 Å². The fraction of sp³-hybridized carbons (Fsp3) is 0.923. The maximum atomic E-state index is 11.8. The van der Waals surface area contributed by atoms with Crippen LogP contribution in [-0.4, -0.2) is 17.3 Å². The summed E-state index contributed by atoms with van der Waals surface area (Å²) in [5, 5.41) is 3.04. The van der Waals surface area contributed by atoms with Crippen molar-refractivity contribution in [3.63, 3.8) is 0 Å². The molecule has 0 spiro atoms. The highest BCUT2D eigenvalue weighted by Gasteiger charge is 2.14. The van der Waals surface area contributed by atoms with Crippen molar-refractivity contribution in [2.45, 2.75) is 64.1 Å². The summed E-state index contributed by atoms with van der Waals surface area (Å²) in [5.74, 6) is 0.472. The van der Waals surface area contributed by atoms with Crippen molar-refractivity contribution < 1.29 is 4.79 Å². The van der Waals surface area contributed by atoms with Gasteiger partial charge < -0.3 is 5.32 Å². The van der Waals surface area contributed by atoms with Gasteiger partial charge in [0, 0.05) is 17.3 Å². The van der Waals surface area contributed by atoms with Crippen molar-refractivity contribution >= 4 is 21.8 Å². The molecule has 0 fully saturated rings. The van der Waals surface area contributed by atoms with E-state index in [0.29, 0.717) is 4.83 Å². The standard InChI is InChI=1S/C13H26BrNO/c1-4-6-9-12(5-2)13(16)15-10-7-8-11(3)14/h11-12H,4-10H2,1-3H3,(H,15,16). The van der Waals surface area contributed by atoms with E-state index in [2.05, 4.69) is 42.0 Å². The lowest BCUT2D eigenvalue weighted by molar-refractivity contribution is -0.125. The highest BCUT2D eigenvalue weighted by Crippen LogP contribution is 2.12. The average Bonchev–Trinajstić information content (AvgIpc) is 2.25. The van der Waals surface area contributed by atoms with Gasteiger partial charge in [-0.25, -0.2) is 0 Å². The molecule has 0 aliphatic rings. The Hall–Kier alpha value is -0.0500. The third-order valence-corrected chi connectivity index (χ3v) is 3.31. The molecule has 0 aliphatic carbocycles. The molecular weight excluding hydrogens is 266 g/mol. The first-order valence-corrected chi connectivity index (χ1v) is 7.45. The second-order valence-electron chi connectivity index (χ2n) is 4.46. The number of hydrogen-bond acceptors (Lipinski definition) is 1. The molecule has 1 amide bonds. The summed E-state index contributed by atoms with van der Waals surface area (Å²) in [7, 11) is 0. The molecule has 0 aromatic heterocycles. The van der Waals surface area contributed by atoms with Gasteiger partial charge in [-0.3, -0.25) is 4.79 Å². The van der Waals surface area contributed by atoms with Crippen LogP contribution in [0, 0.1) is 5.92 Å². The molecule has 3 heteroatoms. The summed E-state index contributed by atoms with van der Waals surface area (Å²) in [5.41, 5.74) is 0. The molecule has 2 unspecified atom stereocenters. The largest absolute Gasteiger partial charge is 0.356 e. The second-order valence-corrected chi connectivity index (χ2v) is 6.02. The van der Waals surface area contributed by atoms with Gasteiger partial charge in [0.1, 0.15) is 0 Å². The normalized spacial score (nSPS) is 14.5. The number of carbonyl (C=O) groups excluding carboxylic acids is 1. The van der Waals surface area contributed by atoms with Crippen LogP contribution in [0.4, 0.5) is 0 Å². The van der Waals surface area contributed by atoms with Gasteiger partial charge in [0.2, 0.25) is 5.91 Å². The molecule has 0 bridgehead atoms. The summed E-state index contributed by atoms with van der Waals surface area (Å²) in [6, 6.07) is 0. The first-order chi connectivity index (χ1) is 7.61. The number of hydrogen-bond donors (Lipinski definition) is 1. The highest BCUT2D eigenvalue weighted by molar-refractivity contribution is 9.09. The van der Waals surface area contributed by atoms with E-state index >= 15 is 0 Å². The monoisotopic (exact) mass is 291 g/mol. The Morgan fingerprint density at radius 3 is 2.44 bits per heavy atom. The highest BCUT2D eigenvalue weighted by atomic mass is 79.9. The zero-order chi connectivity index (χ0) is 12.4. The molecule has 1 N–H and O–H groups in total. The van der Waals surface area contributed by atoms with Crippen molar-refractivity contribution in [3.8, 4) is 0 Å². The van der Waals surface area contributed by atoms with E-state index in [1.165, 1.54) is 6.42 Å². The molecule has 0 saturated heterocycles. The summed E-state index contributed by atoms with van der Waals surface area (Å²) in [6.07, 6.45) is 6.50. The van der Waals surface area contributed by atoms with Crippen LogP contribution in [0.15, 0.2) is 0 Å². The molecule has 0 radical (unpaired) electrons. The fourth-order valence-electron chi connectivity index (χ4n) is 1.71. The van der Waals surface area contributed by atoms with Gasteiger partial charge in [-0.1, -0.05) is 49.5 Å². The van der Waals surface area contributed by atoms with Crippen LogP contribution >= 0.6 is 15.9 Å². The van der Waals surface area contributed by atoms with Gasteiger partial charge in [0.25, 0.3) is 0 Å². The van der Waals surface area contributed by atoms with E-state index < -0.39 is 0 Å². The van der Waals surface area contributed by atoms with Gasteiger partial charge in [0.05, 0.1) is 0 Å². The molecule has 16 heavy (non-hydrogen) atoms. The zero-order valence-corrected chi connectivity index (χ0v) is 12.5. The maximum absolute atomic E-state index is 11.8. The van der Waals surface area contributed by atoms with E-state index in [4.69, 9.17) is 0 Å². The second kappa shape index (κ2) is 10.1. The number of alkyl halides is 1. The number of rotatable bonds is 9. The van der Waals surface area contributed by atoms with E-state index in [0.717, 1.165) is 38.6 Å². The van der Waals surface area contributed by atoms with Crippen LogP contribution < -0.4 is 5.32 Å². The zero-order valence-electron chi connectivity index (χ0n) is 10.9. The Morgan fingerprint density at radius 2 is 1.94 bits per heavy atom. The third kappa shape index (κ3) is 8.14. The molecule has 0 aromatic carbocycles. The fourth-order valence-corrected chi connectivity index (χ4v) is 2.03. The number of nitrogens with one attached hydrogen (secondary N) is 1. The van der Waals surface area contributed by atoms with E-state index in [9.17, 15) is 4.79 Å². The van der Waals surface area contributed by atoms with Crippen molar-refractivity contribution in [3.05, 3.63) is 0 Å². The van der Waals surface area contributed by atoms with Crippen molar-refractivity contribution in [2.24, 2.45) is 5.92 Å². The Kier molecular flexibility index (Phi) is 10.1. The van der Waals surface area contributed by atoms with Gasteiger partial charge in [-0.05, 0) is 25.7 Å². The van der Waals surface area contributed by atoms with Gasteiger partial charge in [-0.15, -0.1) is 0 Å². The average molecular weight is 292 g/mol. The minimum atomic E-state index is 0.223. The summed E-state index contributed by atoms with van der Waals surface area (Å²) >= 11 is 3.51. The Labute approximate surface area is 109 Å². The predicted octanol–water partition coefficient (Wildman–Crippen LogP) is 3.88. The summed E-state index contributed by atoms with van der Waals surface area (Å²) in [6.45, 7) is 7.22. The maximum Gasteiger partial charge on any atom is 0.223 e. The topological polar surface area (TPSA) is 29.1 Å². The Balaban J connectivity index is 3.66. The molecular formula is C13H26BrNO. The minimum Gasteiger partial charge on any atom is -0.356 e. The number of carbonyl (C=O) groups is 1. The van der Waals surface area contributed by atoms with Crippen molar-refractivity contribution in [2.75, 3.05) is 6.54 Å². The van der Waals surface area contributed by atoms with E-state index in [1.54, 1.807) is 0 Å². The molecule has 2 nitrogen and oxygen atoms in total. The Morgan fingerprint density at radius 1 is 1.25 bits per heavy atom. The molecule has 96 valence electrons. The lowest BCUT2D eigenvalue weighted by Gasteiger charge is -2.14. The van der Waals surface area contributed by atoms with Crippen LogP contribution in [0.3, 0.4) is 0 Å². The lowest BCUT2D eigenvalue weighted by Crippen LogP contribution is -2.31. The van der Waals surface area contributed by atoms with Crippen LogP contribution in [0.5, 0.6) is 0 Å². The molecule has 0 aromatic rings. The first kappa shape index (κ1) is 16.0. The number of amides is 1. The van der Waals surface area contributed by atoms with Gasteiger partial charge in [-0.2, -0.15) is 0 Å². The van der Waals surface area contributed by atoms with Gasteiger partial charge >= 0.3 is 0 Å².